The largest absolute Gasteiger partial charge is 0.392 e. The number of hydrogen-bond acceptors (Lipinski definition) is 4. The first-order valence-electron chi connectivity index (χ1n) is 6.83. The second-order valence-corrected chi connectivity index (χ2v) is 5.63. The van der Waals surface area contributed by atoms with Crippen LogP contribution in [-0.4, -0.2) is 56.8 Å². The average molecular weight is 281 g/mol. The van der Waals surface area contributed by atoms with Gasteiger partial charge in [0, 0.05) is 51.5 Å². The minimum absolute atomic E-state index is 0.260. The zero-order valence-electron chi connectivity index (χ0n) is 11.7. The topological polar surface area (TPSA) is 50.3 Å². The molecule has 2 N–H and O–H groups in total. The Hall–Kier alpha value is -0.980. The summed E-state index contributed by atoms with van der Waals surface area (Å²) in [6, 6.07) is 0.260. The number of piperazine rings is 1. The van der Waals surface area contributed by atoms with E-state index in [1.54, 1.807) is 0 Å². The van der Waals surface area contributed by atoms with E-state index in [2.05, 4.69) is 28.0 Å². The molecule has 1 aromatic heterocycles. The second kappa shape index (κ2) is 6.45. The lowest BCUT2D eigenvalue weighted by Crippen LogP contribution is -2.53. The number of nitrogens with zero attached hydrogens (tertiary/aromatic N) is 4. The summed E-state index contributed by atoms with van der Waals surface area (Å²) in [6.07, 6.45) is 5.02. The van der Waals surface area contributed by atoms with E-state index in [4.69, 9.17) is 18.0 Å². The fourth-order valence-corrected chi connectivity index (χ4v) is 3.00. The van der Waals surface area contributed by atoms with Crippen LogP contribution in [0.2, 0.25) is 0 Å². The van der Waals surface area contributed by atoms with E-state index in [0.29, 0.717) is 4.99 Å². The third kappa shape index (κ3) is 3.75. The van der Waals surface area contributed by atoms with E-state index < -0.39 is 0 Å². The molecule has 1 aliphatic heterocycles. The van der Waals surface area contributed by atoms with Crippen molar-refractivity contribution in [3.8, 4) is 0 Å². The molecule has 2 rings (SSSR count). The van der Waals surface area contributed by atoms with Gasteiger partial charge in [-0.1, -0.05) is 19.1 Å². The van der Waals surface area contributed by atoms with Gasteiger partial charge in [0.15, 0.2) is 0 Å². The fraction of sp³-hybridized carbons (Fsp3) is 0.692. The van der Waals surface area contributed by atoms with Crippen LogP contribution in [0.5, 0.6) is 0 Å². The van der Waals surface area contributed by atoms with Gasteiger partial charge in [-0.05, 0) is 6.42 Å². The normalized spacial score (nSPS) is 19.5. The molecule has 5 nitrogen and oxygen atoms in total. The Labute approximate surface area is 120 Å². The van der Waals surface area contributed by atoms with Crippen LogP contribution in [-0.2, 0) is 13.6 Å². The number of aryl methyl sites for hydroxylation is 1. The highest BCUT2D eigenvalue weighted by Gasteiger charge is 2.24. The van der Waals surface area contributed by atoms with Crippen LogP contribution in [0, 0.1) is 0 Å². The van der Waals surface area contributed by atoms with Crippen molar-refractivity contribution in [2.75, 3.05) is 26.2 Å². The molecule has 0 aliphatic carbocycles. The maximum atomic E-state index is 5.80. The van der Waals surface area contributed by atoms with Crippen molar-refractivity contribution in [1.29, 1.82) is 0 Å². The lowest BCUT2D eigenvalue weighted by atomic mass is 10.1. The Kier molecular flexibility index (Phi) is 4.90. The minimum atomic E-state index is 0.260. The summed E-state index contributed by atoms with van der Waals surface area (Å²) in [7, 11) is 1.95. The fourth-order valence-electron chi connectivity index (χ4n) is 2.68. The van der Waals surface area contributed by atoms with E-state index >= 15 is 0 Å². The Bertz CT molecular complexity index is 422. The van der Waals surface area contributed by atoms with Crippen LogP contribution >= 0.6 is 12.2 Å². The highest BCUT2D eigenvalue weighted by Crippen LogP contribution is 2.12. The zero-order chi connectivity index (χ0) is 13.8. The molecule has 2 heterocycles. The zero-order valence-corrected chi connectivity index (χ0v) is 12.6. The predicted octanol–water partition coefficient (Wildman–Crippen LogP) is 0.602. The van der Waals surface area contributed by atoms with Gasteiger partial charge in [0.05, 0.1) is 17.2 Å². The Morgan fingerprint density at radius 3 is 2.58 bits per heavy atom. The quantitative estimate of drug-likeness (QED) is 0.801. The van der Waals surface area contributed by atoms with E-state index in [1.807, 2.05) is 17.9 Å². The standard InChI is InChI=1S/C13H23N5S/c1-3-12(13(14)19)18-6-4-17(5-7-18)10-11-8-15-16(2)9-11/h8-9,12H,3-7,10H2,1-2H3,(H2,14,19). The van der Waals surface area contributed by atoms with Crippen LogP contribution < -0.4 is 5.73 Å². The predicted molar refractivity (Wildman–Crippen MR) is 80.9 cm³/mol. The summed E-state index contributed by atoms with van der Waals surface area (Å²) < 4.78 is 1.85. The van der Waals surface area contributed by atoms with E-state index in [1.165, 1.54) is 5.56 Å². The van der Waals surface area contributed by atoms with Gasteiger partial charge < -0.3 is 5.73 Å². The van der Waals surface area contributed by atoms with Crippen LogP contribution in [0.25, 0.3) is 0 Å². The molecule has 0 amide bonds. The molecule has 0 spiro atoms. The molecule has 1 saturated heterocycles. The van der Waals surface area contributed by atoms with Crippen molar-refractivity contribution in [2.24, 2.45) is 12.8 Å². The van der Waals surface area contributed by atoms with Crippen molar-refractivity contribution in [3.63, 3.8) is 0 Å². The third-order valence-corrected chi connectivity index (χ3v) is 4.00. The van der Waals surface area contributed by atoms with Gasteiger partial charge in [-0.2, -0.15) is 5.10 Å². The molecule has 1 aromatic rings. The first-order valence-corrected chi connectivity index (χ1v) is 7.24. The van der Waals surface area contributed by atoms with Gasteiger partial charge in [0.1, 0.15) is 0 Å². The van der Waals surface area contributed by atoms with Gasteiger partial charge in [0.25, 0.3) is 0 Å². The first-order chi connectivity index (χ1) is 9.10. The molecular weight excluding hydrogens is 258 g/mol. The summed E-state index contributed by atoms with van der Waals surface area (Å²) in [5.41, 5.74) is 7.08. The van der Waals surface area contributed by atoms with Crippen molar-refractivity contribution in [3.05, 3.63) is 18.0 Å². The van der Waals surface area contributed by atoms with Gasteiger partial charge >= 0.3 is 0 Å². The number of rotatable bonds is 5. The summed E-state index contributed by atoms with van der Waals surface area (Å²) in [4.78, 5) is 5.49. The molecule has 1 unspecified atom stereocenters. The van der Waals surface area contributed by atoms with E-state index in [0.717, 1.165) is 39.1 Å². The molecule has 106 valence electrons. The maximum Gasteiger partial charge on any atom is 0.0901 e. The van der Waals surface area contributed by atoms with Crippen LogP contribution in [0.3, 0.4) is 0 Å². The Morgan fingerprint density at radius 1 is 1.42 bits per heavy atom. The lowest BCUT2D eigenvalue weighted by Gasteiger charge is -2.38. The van der Waals surface area contributed by atoms with Gasteiger partial charge in [-0.25, -0.2) is 0 Å². The summed E-state index contributed by atoms with van der Waals surface area (Å²) in [6.45, 7) is 7.33. The highest BCUT2D eigenvalue weighted by molar-refractivity contribution is 7.80. The second-order valence-electron chi connectivity index (χ2n) is 5.16. The molecule has 0 radical (unpaired) electrons. The molecule has 1 fully saturated rings. The van der Waals surface area contributed by atoms with Crippen molar-refractivity contribution in [2.45, 2.75) is 25.9 Å². The van der Waals surface area contributed by atoms with Gasteiger partial charge in [-0.3, -0.25) is 14.5 Å². The van der Waals surface area contributed by atoms with E-state index in [-0.39, 0.29) is 6.04 Å². The SMILES string of the molecule is CCC(C(N)=S)N1CCN(Cc2cnn(C)c2)CC1. The number of aromatic nitrogens is 2. The molecule has 19 heavy (non-hydrogen) atoms. The van der Waals surface area contributed by atoms with Crippen LogP contribution in [0.15, 0.2) is 12.4 Å². The minimum Gasteiger partial charge on any atom is -0.392 e. The average Bonchev–Trinajstić information content (AvgIpc) is 2.77. The smallest absolute Gasteiger partial charge is 0.0901 e. The number of nitrogens with two attached hydrogens (primary N) is 1. The van der Waals surface area contributed by atoms with Crippen LogP contribution in [0.1, 0.15) is 18.9 Å². The molecule has 0 aromatic carbocycles. The van der Waals surface area contributed by atoms with Crippen molar-refractivity contribution in [1.82, 2.24) is 19.6 Å². The molecule has 0 bridgehead atoms. The third-order valence-electron chi connectivity index (χ3n) is 3.73. The summed E-state index contributed by atoms with van der Waals surface area (Å²) >= 11 is 5.15. The first kappa shape index (κ1) is 14.4. The highest BCUT2D eigenvalue weighted by atomic mass is 32.1. The monoisotopic (exact) mass is 281 g/mol. The van der Waals surface area contributed by atoms with Gasteiger partial charge in [0.2, 0.25) is 0 Å². The summed E-state index contributed by atoms with van der Waals surface area (Å²) in [5, 5.41) is 4.21. The van der Waals surface area contributed by atoms with Crippen molar-refractivity contribution >= 4 is 17.2 Å². The molecule has 6 heteroatoms. The van der Waals surface area contributed by atoms with Crippen molar-refractivity contribution < 1.29 is 0 Å². The Balaban J connectivity index is 1.83. The lowest BCUT2D eigenvalue weighted by molar-refractivity contribution is 0.112. The molecule has 1 aliphatic rings. The van der Waals surface area contributed by atoms with Crippen LogP contribution in [0.4, 0.5) is 0 Å². The molecule has 1 atom stereocenters. The Morgan fingerprint density at radius 2 is 2.11 bits per heavy atom. The molecule has 0 saturated carbocycles. The number of hydrogen-bond donors (Lipinski definition) is 1. The molecular formula is C13H23N5S. The summed E-state index contributed by atoms with van der Waals surface area (Å²) in [5.74, 6) is 0. The maximum absolute atomic E-state index is 5.80. The number of thiocarbonyl (C=S) groups is 1. The van der Waals surface area contributed by atoms with Gasteiger partial charge in [-0.15, -0.1) is 0 Å². The van der Waals surface area contributed by atoms with E-state index in [9.17, 15) is 0 Å².